The highest BCUT2D eigenvalue weighted by Crippen LogP contribution is 2.42. The molecule has 1 amide bonds. The smallest absolute Gasteiger partial charge is 0.234 e. The molecule has 1 saturated carbocycles. The normalized spacial score (nSPS) is 17.1. The topological polar surface area (TPSA) is 32.3 Å². The Morgan fingerprint density at radius 3 is 2.61 bits per heavy atom. The lowest BCUT2D eigenvalue weighted by atomic mass is 9.67. The number of hydrogen-bond acceptors (Lipinski definition) is 2. The molecule has 0 radical (unpaired) electrons. The number of nitrogens with zero attached hydrogens (tertiary/aromatic N) is 1. The van der Waals surface area contributed by atoms with Gasteiger partial charge in [-0.2, -0.15) is 0 Å². The summed E-state index contributed by atoms with van der Waals surface area (Å²) < 4.78 is 13.7. The van der Waals surface area contributed by atoms with Crippen LogP contribution >= 0.6 is 0 Å². The lowest BCUT2D eigenvalue weighted by Gasteiger charge is -2.42. The fraction of sp³-hybridized carbons (Fsp3) is 0.500. The highest BCUT2D eigenvalue weighted by atomic mass is 19.1. The van der Waals surface area contributed by atoms with Gasteiger partial charge >= 0.3 is 0 Å². The molecule has 2 rings (SSSR count). The van der Waals surface area contributed by atoms with Crippen LogP contribution in [0.25, 0.3) is 0 Å². The first-order valence-corrected chi connectivity index (χ1v) is 6.28. The molecule has 0 aromatic heterocycles. The van der Waals surface area contributed by atoms with Gasteiger partial charge in [-0.05, 0) is 32.0 Å². The van der Waals surface area contributed by atoms with Crippen molar-refractivity contribution >= 4 is 11.6 Å². The minimum atomic E-state index is -0.354. The molecule has 0 spiro atoms. The van der Waals surface area contributed by atoms with Gasteiger partial charge in [-0.1, -0.05) is 18.6 Å². The van der Waals surface area contributed by atoms with E-state index in [9.17, 15) is 9.18 Å². The number of halogens is 1. The summed E-state index contributed by atoms with van der Waals surface area (Å²) in [6, 6.07) is 6.39. The average Bonchev–Trinajstić information content (AvgIpc) is 2.33. The predicted octanol–water partition coefficient (Wildman–Crippen LogP) is 2.18. The van der Waals surface area contributed by atoms with Crippen molar-refractivity contribution in [1.29, 1.82) is 0 Å². The summed E-state index contributed by atoms with van der Waals surface area (Å²) in [6.07, 6.45) is 2.83. The number of para-hydroxylation sites is 1. The summed E-state index contributed by atoms with van der Waals surface area (Å²) in [5.41, 5.74) is 0.0103. The van der Waals surface area contributed by atoms with Crippen molar-refractivity contribution in [3.05, 3.63) is 30.1 Å². The molecule has 0 saturated heterocycles. The molecule has 1 aliphatic rings. The third-order valence-electron chi connectivity index (χ3n) is 3.80. The molecule has 1 aromatic rings. The maximum absolute atomic E-state index is 13.7. The van der Waals surface area contributed by atoms with Crippen LogP contribution in [-0.2, 0) is 4.79 Å². The predicted molar refractivity (Wildman–Crippen MR) is 70.0 cm³/mol. The average molecular weight is 250 g/mol. The van der Waals surface area contributed by atoms with Crippen molar-refractivity contribution in [1.82, 2.24) is 5.32 Å². The van der Waals surface area contributed by atoms with Crippen LogP contribution in [0.3, 0.4) is 0 Å². The van der Waals surface area contributed by atoms with Crippen LogP contribution in [0.2, 0.25) is 0 Å². The Morgan fingerprint density at radius 1 is 1.44 bits per heavy atom. The van der Waals surface area contributed by atoms with Gasteiger partial charge in [-0.15, -0.1) is 0 Å². The van der Waals surface area contributed by atoms with E-state index >= 15 is 0 Å². The second-order valence-corrected chi connectivity index (χ2v) is 4.98. The molecule has 4 heteroatoms. The van der Waals surface area contributed by atoms with E-state index in [-0.39, 0.29) is 17.1 Å². The standard InChI is InChI=1S/C14H19FN2O/c1-16-10-14(8-5-9-14)13(18)17(2)12-7-4-3-6-11(12)15/h3-4,6-7,16H,5,8-10H2,1-2H3. The molecule has 0 unspecified atom stereocenters. The molecule has 0 bridgehead atoms. The van der Waals surface area contributed by atoms with E-state index in [0.29, 0.717) is 12.2 Å². The summed E-state index contributed by atoms with van der Waals surface area (Å²) in [7, 11) is 3.49. The maximum Gasteiger partial charge on any atom is 0.234 e. The zero-order valence-electron chi connectivity index (χ0n) is 10.9. The summed E-state index contributed by atoms with van der Waals surface area (Å²) >= 11 is 0. The van der Waals surface area contributed by atoms with Crippen molar-refractivity contribution in [3.63, 3.8) is 0 Å². The van der Waals surface area contributed by atoms with E-state index in [1.807, 2.05) is 7.05 Å². The number of benzene rings is 1. The fourth-order valence-corrected chi connectivity index (χ4v) is 2.60. The van der Waals surface area contributed by atoms with E-state index in [0.717, 1.165) is 19.3 Å². The number of amides is 1. The van der Waals surface area contributed by atoms with Crippen molar-refractivity contribution in [2.24, 2.45) is 5.41 Å². The first-order chi connectivity index (χ1) is 8.60. The Labute approximate surface area is 107 Å². The van der Waals surface area contributed by atoms with Gasteiger partial charge in [0.05, 0.1) is 11.1 Å². The lowest BCUT2D eigenvalue weighted by molar-refractivity contribution is -0.132. The van der Waals surface area contributed by atoms with Crippen LogP contribution in [0.5, 0.6) is 0 Å². The van der Waals surface area contributed by atoms with Crippen LogP contribution in [-0.4, -0.2) is 26.5 Å². The molecule has 0 heterocycles. The molecule has 98 valence electrons. The van der Waals surface area contributed by atoms with Gasteiger partial charge in [0, 0.05) is 13.6 Å². The summed E-state index contributed by atoms with van der Waals surface area (Å²) in [5, 5.41) is 3.07. The molecular weight excluding hydrogens is 231 g/mol. The Balaban J connectivity index is 2.21. The number of hydrogen-bond donors (Lipinski definition) is 1. The van der Waals surface area contributed by atoms with Gasteiger partial charge in [0.1, 0.15) is 5.82 Å². The molecule has 1 aromatic carbocycles. The molecule has 0 aliphatic heterocycles. The zero-order valence-corrected chi connectivity index (χ0v) is 10.9. The molecular formula is C14H19FN2O. The first-order valence-electron chi connectivity index (χ1n) is 6.28. The quantitative estimate of drug-likeness (QED) is 0.888. The highest BCUT2D eigenvalue weighted by molar-refractivity contribution is 5.98. The van der Waals surface area contributed by atoms with Crippen LogP contribution < -0.4 is 10.2 Å². The monoisotopic (exact) mass is 250 g/mol. The molecule has 18 heavy (non-hydrogen) atoms. The zero-order chi connectivity index (χ0) is 13.2. The van der Waals surface area contributed by atoms with Gasteiger partial charge in [-0.25, -0.2) is 4.39 Å². The highest BCUT2D eigenvalue weighted by Gasteiger charge is 2.45. The minimum Gasteiger partial charge on any atom is -0.319 e. The van der Waals surface area contributed by atoms with Crippen LogP contribution in [0.1, 0.15) is 19.3 Å². The lowest BCUT2D eigenvalue weighted by Crippen LogP contribution is -2.51. The van der Waals surface area contributed by atoms with E-state index in [2.05, 4.69) is 5.32 Å². The van der Waals surface area contributed by atoms with E-state index < -0.39 is 0 Å². The fourth-order valence-electron chi connectivity index (χ4n) is 2.60. The Kier molecular flexibility index (Phi) is 3.66. The van der Waals surface area contributed by atoms with Gasteiger partial charge in [0.2, 0.25) is 5.91 Å². The van der Waals surface area contributed by atoms with E-state index in [1.54, 1.807) is 25.2 Å². The Bertz CT molecular complexity index is 443. The van der Waals surface area contributed by atoms with Gasteiger partial charge < -0.3 is 10.2 Å². The molecule has 0 atom stereocenters. The molecule has 1 N–H and O–H groups in total. The molecule has 1 aliphatic carbocycles. The van der Waals surface area contributed by atoms with Gasteiger partial charge in [0.25, 0.3) is 0 Å². The van der Waals surface area contributed by atoms with Crippen LogP contribution in [0.15, 0.2) is 24.3 Å². The number of carbonyl (C=O) groups is 1. The summed E-state index contributed by atoms with van der Waals surface area (Å²) in [4.78, 5) is 14.0. The van der Waals surface area contributed by atoms with Crippen LogP contribution in [0.4, 0.5) is 10.1 Å². The first kappa shape index (κ1) is 13.0. The second kappa shape index (κ2) is 5.06. The number of rotatable bonds is 4. The Hall–Kier alpha value is -1.42. The van der Waals surface area contributed by atoms with Crippen molar-refractivity contribution in [3.8, 4) is 0 Å². The maximum atomic E-state index is 13.7. The number of nitrogens with one attached hydrogen (secondary N) is 1. The molecule has 3 nitrogen and oxygen atoms in total. The Morgan fingerprint density at radius 2 is 2.11 bits per heavy atom. The van der Waals surface area contributed by atoms with Crippen molar-refractivity contribution < 1.29 is 9.18 Å². The summed E-state index contributed by atoms with van der Waals surface area (Å²) in [6.45, 7) is 0.657. The van der Waals surface area contributed by atoms with E-state index in [1.165, 1.54) is 11.0 Å². The number of carbonyl (C=O) groups excluding carboxylic acids is 1. The van der Waals surface area contributed by atoms with E-state index in [4.69, 9.17) is 0 Å². The minimum absolute atomic E-state index is 0.00759. The van der Waals surface area contributed by atoms with Crippen molar-refractivity contribution in [2.45, 2.75) is 19.3 Å². The van der Waals surface area contributed by atoms with Crippen molar-refractivity contribution in [2.75, 3.05) is 25.5 Å². The molecule has 1 fully saturated rings. The van der Waals surface area contributed by atoms with Gasteiger partial charge in [-0.3, -0.25) is 4.79 Å². The largest absolute Gasteiger partial charge is 0.319 e. The SMILES string of the molecule is CNCC1(C(=O)N(C)c2ccccc2F)CCC1. The van der Waals surface area contributed by atoms with Gasteiger partial charge in [0.15, 0.2) is 0 Å². The van der Waals surface area contributed by atoms with Crippen LogP contribution in [0, 0.1) is 11.2 Å². The number of anilines is 1. The summed E-state index contributed by atoms with van der Waals surface area (Å²) in [5.74, 6) is -0.347. The third-order valence-corrected chi connectivity index (χ3v) is 3.80. The third kappa shape index (κ3) is 2.12. The second-order valence-electron chi connectivity index (χ2n) is 4.98.